The lowest BCUT2D eigenvalue weighted by Crippen LogP contribution is -2.31. The van der Waals surface area contributed by atoms with Crippen LogP contribution in [0.4, 0.5) is 11.5 Å². The summed E-state index contributed by atoms with van der Waals surface area (Å²) in [5.41, 5.74) is 1.03. The third-order valence-electron chi connectivity index (χ3n) is 4.19. The number of likely N-dealkylation sites (N-methyl/N-ethyl adjacent to an activating group) is 1. The maximum atomic E-state index is 12.3. The van der Waals surface area contributed by atoms with E-state index in [1.807, 2.05) is 53.0 Å². The van der Waals surface area contributed by atoms with Crippen molar-refractivity contribution in [1.82, 2.24) is 9.78 Å². The topological polar surface area (TPSA) is 50.2 Å². The monoisotopic (exact) mass is 298 g/mol. The number of carbonyl (C=O) groups excluding carboxylic acids is 1. The lowest BCUT2D eigenvalue weighted by atomic mass is 10.2. The summed E-state index contributed by atoms with van der Waals surface area (Å²) in [5, 5.41) is 7.36. The van der Waals surface area contributed by atoms with Gasteiger partial charge < -0.3 is 10.2 Å². The number of aromatic nitrogens is 2. The zero-order chi connectivity index (χ0) is 15.4. The van der Waals surface area contributed by atoms with E-state index in [0.717, 1.165) is 24.3 Å². The molecular weight excluding hydrogens is 276 g/mol. The van der Waals surface area contributed by atoms with Crippen molar-refractivity contribution in [2.24, 2.45) is 0 Å². The van der Waals surface area contributed by atoms with E-state index in [9.17, 15) is 4.79 Å². The van der Waals surface area contributed by atoms with Gasteiger partial charge in [-0.3, -0.25) is 4.79 Å². The lowest BCUT2D eigenvalue weighted by Gasteiger charge is -2.19. The van der Waals surface area contributed by atoms with Gasteiger partial charge in [0.25, 0.3) is 0 Å². The second kappa shape index (κ2) is 6.64. The highest BCUT2D eigenvalue weighted by molar-refractivity contribution is 5.93. The average Bonchev–Trinajstić information content (AvgIpc) is 3.18. The minimum atomic E-state index is -0.0221. The Bertz CT molecular complexity index is 617. The number of nitrogens with one attached hydrogen (secondary N) is 1. The summed E-state index contributed by atoms with van der Waals surface area (Å²) >= 11 is 0. The van der Waals surface area contributed by atoms with Crippen LogP contribution in [0.15, 0.2) is 42.6 Å². The number of benzene rings is 1. The van der Waals surface area contributed by atoms with Crippen molar-refractivity contribution in [2.45, 2.75) is 31.7 Å². The molecule has 2 aromatic rings. The molecule has 0 saturated heterocycles. The molecule has 5 heteroatoms. The summed E-state index contributed by atoms with van der Waals surface area (Å²) in [6.07, 6.45) is 6.54. The number of hydrogen-bond donors (Lipinski definition) is 1. The van der Waals surface area contributed by atoms with Crippen LogP contribution in [0.2, 0.25) is 0 Å². The predicted octanol–water partition coefficient (Wildman–Crippen LogP) is 3.07. The van der Waals surface area contributed by atoms with Crippen molar-refractivity contribution >= 4 is 17.4 Å². The predicted molar refractivity (Wildman–Crippen MR) is 88.1 cm³/mol. The number of nitrogens with zero attached hydrogens (tertiary/aromatic N) is 3. The highest BCUT2D eigenvalue weighted by atomic mass is 16.2. The zero-order valence-corrected chi connectivity index (χ0v) is 12.9. The Balaban J connectivity index is 1.61. The first-order valence-electron chi connectivity index (χ1n) is 7.83. The molecule has 1 aliphatic rings. The molecule has 1 N–H and O–H groups in total. The third-order valence-corrected chi connectivity index (χ3v) is 4.19. The fourth-order valence-corrected chi connectivity index (χ4v) is 3.02. The van der Waals surface area contributed by atoms with E-state index in [-0.39, 0.29) is 5.91 Å². The molecule has 0 bridgehead atoms. The van der Waals surface area contributed by atoms with E-state index in [1.54, 1.807) is 6.20 Å². The van der Waals surface area contributed by atoms with Gasteiger partial charge in [-0.2, -0.15) is 5.10 Å². The number of anilines is 2. The molecule has 0 unspecified atom stereocenters. The molecule has 1 aliphatic carbocycles. The molecule has 1 amide bonds. The Morgan fingerprint density at radius 2 is 2.00 bits per heavy atom. The van der Waals surface area contributed by atoms with Crippen LogP contribution < -0.4 is 10.2 Å². The minimum absolute atomic E-state index is 0.0221. The zero-order valence-electron chi connectivity index (χ0n) is 12.9. The third kappa shape index (κ3) is 3.30. The fraction of sp³-hybridized carbons (Fsp3) is 0.412. The summed E-state index contributed by atoms with van der Waals surface area (Å²) in [6.45, 7) is 0.319. The van der Waals surface area contributed by atoms with Crippen molar-refractivity contribution in [3.05, 3.63) is 42.6 Å². The smallest absolute Gasteiger partial charge is 0.245 e. The van der Waals surface area contributed by atoms with Crippen LogP contribution >= 0.6 is 0 Å². The molecule has 1 saturated carbocycles. The highest BCUT2D eigenvalue weighted by Gasteiger charge is 2.20. The molecule has 116 valence electrons. The van der Waals surface area contributed by atoms with Crippen LogP contribution in [0.25, 0.3) is 0 Å². The van der Waals surface area contributed by atoms with Crippen molar-refractivity contribution in [2.75, 3.05) is 23.8 Å². The van der Waals surface area contributed by atoms with E-state index in [2.05, 4.69) is 10.4 Å². The molecule has 22 heavy (non-hydrogen) atoms. The number of carbonyl (C=O) groups is 1. The Kier molecular flexibility index (Phi) is 4.42. The number of para-hydroxylation sites is 1. The van der Waals surface area contributed by atoms with Crippen molar-refractivity contribution in [1.29, 1.82) is 0 Å². The molecular formula is C17H22N4O. The van der Waals surface area contributed by atoms with Gasteiger partial charge in [-0.05, 0) is 25.0 Å². The summed E-state index contributed by atoms with van der Waals surface area (Å²) in [6, 6.07) is 12.2. The van der Waals surface area contributed by atoms with E-state index in [4.69, 9.17) is 0 Å². The molecule has 1 heterocycles. The average molecular weight is 298 g/mol. The SMILES string of the molecule is CN(CC(=O)Nc1ccnn1C1CCCC1)c1ccccc1. The highest BCUT2D eigenvalue weighted by Crippen LogP contribution is 2.31. The fourth-order valence-electron chi connectivity index (χ4n) is 3.02. The molecule has 5 nitrogen and oxygen atoms in total. The van der Waals surface area contributed by atoms with Gasteiger partial charge in [-0.1, -0.05) is 31.0 Å². The summed E-state index contributed by atoms with van der Waals surface area (Å²) < 4.78 is 1.97. The van der Waals surface area contributed by atoms with E-state index >= 15 is 0 Å². The Morgan fingerprint density at radius 1 is 1.27 bits per heavy atom. The van der Waals surface area contributed by atoms with Gasteiger partial charge in [0.2, 0.25) is 5.91 Å². The Morgan fingerprint density at radius 3 is 2.73 bits per heavy atom. The van der Waals surface area contributed by atoms with Gasteiger partial charge in [0.1, 0.15) is 5.82 Å². The van der Waals surface area contributed by atoms with Crippen LogP contribution in [-0.2, 0) is 4.79 Å². The summed E-state index contributed by atoms with van der Waals surface area (Å²) in [4.78, 5) is 14.2. The van der Waals surface area contributed by atoms with Crippen molar-refractivity contribution in [3.8, 4) is 0 Å². The van der Waals surface area contributed by atoms with Gasteiger partial charge in [0.05, 0.1) is 18.8 Å². The second-order valence-electron chi connectivity index (χ2n) is 5.84. The molecule has 0 atom stereocenters. The quantitative estimate of drug-likeness (QED) is 0.923. The van der Waals surface area contributed by atoms with Gasteiger partial charge in [0, 0.05) is 18.8 Å². The first-order chi connectivity index (χ1) is 10.7. The Hall–Kier alpha value is -2.30. The molecule has 1 aromatic heterocycles. The molecule has 1 aromatic carbocycles. The maximum Gasteiger partial charge on any atom is 0.245 e. The van der Waals surface area contributed by atoms with E-state index in [1.165, 1.54) is 12.8 Å². The number of amides is 1. The van der Waals surface area contributed by atoms with Crippen molar-refractivity contribution < 1.29 is 4.79 Å². The summed E-state index contributed by atoms with van der Waals surface area (Å²) in [7, 11) is 1.92. The van der Waals surface area contributed by atoms with Crippen LogP contribution in [0, 0.1) is 0 Å². The van der Waals surface area contributed by atoms with E-state index < -0.39 is 0 Å². The minimum Gasteiger partial charge on any atom is -0.365 e. The molecule has 1 fully saturated rings. The first kappa shape index (κ1) is 14.6. The second-order valence-corrected chi connectivity index (χ2v) is 5.84. The van der Waals surface area contributed by atoms with E-state index in [0.29, 0.717) is 12.6 Å². The van der Waals surface area contributed by atoms with Crippen molar-refractivity contribution in [3.63, 3.8) is 0 Å². The van der Waals surface area contributed by atoms with Crippen LogP contribution in [-0.4, -0.2) is 29.3 Å². The van der Waals surface area contributed by atoms with Gasteiger partial charge in [0.15, 0.2) is 0 Å². The Labute approximate surface area is 130 Å². The van der Waals surface area contributed by atoms with Gasteiger partial charge in [-0.25, -0.2) is 4.68 Å². The molecule has 3 rings (SSSR count). The van der Waals surface area contributed by atoms with Gasteiger partial charge in [-0.15, -0.1) is 0 Å². The largest absolute Gasteiger partial charge is 0.365 e. The molecule has 0 radical (unpaired) electrons. The van der Waals surface area contributed by atoms with Crippen LogP contribution in [0.3, 0.4) is 0 Å². The lowest BCUT2D eigenvalue weighted by molar-refractivity contribution is -0.115. The first-order valence-corrected chi connectivity index (χ1v) is 7.83. The van der Waals surface area contributed by atoms with Gasteiger partial charge >= 0.3 is 0 Å². The maximum absolute atomic E-state index is 12.3. The standard InChI is InChI=1S/C17H22N4O/c1-20(14-7-3-2-4-8-14)13-17(22)19-16-11-12-18-21(16)15-9-5-6-10-15/h2-4,7-8,11-12,15H,5-6,9-10,13H2,1H3,(H,19,22). The van der Waals surface area contributed by atoms with Crippen LogP contribution in [0.5, 0.6) is 0 Å². The van der Waals surface area contributed by atoms with Crippen LogP contribution in [0.1, 0.15) is 31.7 Å². The normalized spacial score (nSPS) is 15.0. The number of hydrogen-bond acceptors (Lipinski definition) is 3. The summed E-state index contributed by atoms with van der Waals surface area (Å²) in [5.74, 6) is 0.782. The number of rotatable bonds is 5. The molecule has 0 aliphatic heterocycles. The molecule has 0 spiro atoms.